The van der Waals surface area contributed by atoms with Gasteiger partial charge < -0.3 is 15.0 Å². The van der Waals surface area contributed by atoms with Crippen molar-refractivity contribution in [2.24, 2.45) is 5.92 Å². The highest BCUT2D eigenvalue weighted by molar-refractivity contribution is 7.99. The Labute approximate surface area is 139 Å². The van der Waals surface area contributed by atoms with Gasteiger partial charge in [0.05, 0.1) is 5.75 Å². The lowest BCUT2D eigenvalue weighted by Crippen LogP contribution is -2.48. The molecule has 1 heterocycles. The van der Waals surface area contributed by atoms with E-state index in [9.17, 15) is 4.79 Å². The van der Waals surface area contributed by atoms with Crippen LogP contribution in [0, 0.1) is 18.3 Å². The Balaban J connectivity index is 2.35. The van der Waals surface area contributed by atoms with Crippen LogP contribution >= 0.6 is 11.8 Å². The number of amides is 1. The molecular formula is C17H30N2O2S. The molecule has 0 spiro atoms. The minimum atomic E-state index is -0.428. The summed E-state index contributed by atoms with van der Waals surface area (Å²) in [7, 11) is 0. The zero-order valence-corrected chi connectivity index (χ0v) is 15.2. The van der Waals surface area contributed by atoms with Gasteiger partial charge in [0.2, 0.25) is 0 Å². The van der Waals surface area contributed by atoms with Crippen LogP contribution in [-0.2, 0) is 4.74 Å². The summed E-state index contributed by atoms with van der Waals surface area (Å²) in [6.45, 7) is 10.5. The molecule has 5 heteroatoms. The molecule has 1 N–H and O–H groups in total. The molecule has 0 radical (unpaired) electrons. The van der Waals surface area contributed by atoms with Crippen LogP contribution in [0.5, 0.6) is 0 Å². The van der Waals surface area contributed by atoms with Crippen molar-refractivity contribution in [2.75, 3.05) is 31.1 Å². The number of carbonyl (C=O) groups excluding carboxylic acids is 1. The van der Waals surface area contributed by atoms with E-state index in [-0.39, 0.29) is 6.09 Å². The fraction of sp³-hybridized carbons (Fsp3) is 0.824. The smallest absolute Gasteiger partial charge is 0.410 e. The Morgan fingerprint density at radius 3 is 2.91 bits per heavy atom. The summed E-state index contributed by atoms with van der Waals surface area (Å²) in [4.78, 5) is 14.0. The molecule has 22 heavy (non-hydrogen) atoms. The van der Waals surface area contributed by atoms with Crippen LogP contribution in [-0.4, -0.2) is 53.8 Å². The number of thioether (sulfide) groups is 1. The Morgan fingerprint density at radius 2 is 2.27 bits per heavy atom. The lowest BCUT2D eigenvalue weighted by Gasteiger charge is -2.36. The van der Waals surface area contributed by atoms with Crippen molar-refractivity contribution in [2.45, 2.75) is 52.2 Å². The summed E-state index contributed by atoms with van der Waals surface area (Å²) in [5, 5.41) is 3.55. The second kappa shape index (κ2) is 9.32. The number of hydrogen-bond donors (Lipinski definition) is 1. The highest BCUT2D eigenvalue weighted by Gasteiger charge is 2.29. The van der Waals surface area contributed by atoms with Crippen LogP contribution in [0.25, 0.3) is 0 Å². The molecule has 1 aliphatic heterocycles. The highest BCUT2D eigenvalue weighted by atomic mass is 32.2. The van der Waals surface area contributed by atoms with Crippen molar-refractivity contribution in [3.05, 3.63) is 0 Å². The van der Waals surface area contributed by atoms with E-state index in [4.69, 9.17) is 11.2 Å². The standard InChI is InChI=1S/C17H30N2O2S/c1-6-11-22-12-9-18-14(2)15-8-7-10-19(13-15)16(20)21-17(3,4)5/h1,14-15,18H,7-13H2,2-5H3. The van der Waals surface area contributed by atoms with Gasteiger partial charge in [0, 0.05) is 31.4 Å². The zero-order chi connectivity index (χ0) is 16.6. The number of nitrogens with one attached hydrogen (secondary N) is 1. The first-order valence-corrected chi connectivity index (χ1v) is 9.21. The van der Waals surface area contributed by atoms with Gasteiger partial charge in [-0.3, -0.25) is 0 Å². The van der Waals surface area contributed by atoms with Gasteiger partial charge in [-0.05, 0) is 46.5 Å². The minimum Gasteiger partial charge on any atom is -0.444 e. The van der Waals surface area contributed by atoms with Gasteiger partial charge in [-0.25, -0.2) is 4.79 Å². The van der Waals surface area contributed by atoms with Crippen LogP contribution in [0.2, 0.25) is 0 Å². The number of carbonyl (C=O) groups is 1. The average Bonchev–Trinajstić information content (AvgIpc) is 2.45. The molecule has 126 valence electrons. The summed E-state index contributed by atoms with van der Waals surface area (Å²) in [6, 6.07) is 0.400. The fourth-order valence-electron chi connectivity index (χ4n) is 2.57. The monoisotopic (exact) mass is 326 g/mol. The number of piperidine rings is 1. The lowest BCUT2D eigenvalue weighted by molar-refractivity contribution is 0.0149. The first-order valence-electron chi connectivity index (χ1n) is 8.06. The molecule has 1 rings (SSSR count). The van der Waals surface area contributed by atoms with Gasteiger partial charge in [-0.2, -0.15) is 0 Å². The van der Waals surface area contributed by atoms with Crippen molar-refractivity contribution in [3.8, 4) is 12.3 Å². The van der Waals surface area contributed by atoms with Crippen LogP contribution in [0.15, 0.2) is 0 Å². The van der Waals surface area contributed by atoms with E-state index < -0.39 is 5.60 Å². The third kappa shape index (κ3) is 7.42. The predicted octanol–water partition coefficient (Wildman–Crippen LogP) is 2.98. The summed E-state index contributed by atoms with van der Waals surface area (Å²) >= 11 is 1.77. The van der Waals surface area contributed by atoms with Crippen molar-refractivity contribution in [1.29, 1.82) is 0 Å². The number of ether oxygens (including phenoxy) is 1. The number of rotatable bonds is 6. The molecule has 1 aliphatic rings. The second-order valence-electron chi connectivity index (χ2n) is 6.83. The van der Waals surface area contributed by atoms with Gasteiger partial charge in [0.25, 0.3) is 0 Å². The summed E-state index contributed by atoms with van der Waals surface area (Å²) < 4.78 is 5.48. The van der Waals surface area contributed by atoms with E-state index in [1.54, 1.807) is 11.8 Å². The first kappa shape index (κ1) is 19.2. The lowest BCUT2D eigenvalue weighted by atomic mass is 9.92. The second-order valence-corrected chi connectivity index (χ2v) is 7.93. The fourth-order valence-corrected chi connectivity index (χ4v) is 3.09. The van der Waals surface area contributed by atoms with E-state index in [1.165, 1.54) is 0 Å². The van der Waals surface area contributed by atoms with Crippen LogP contribution < -0.4 is 5.32 Å². The maximum atomic E-state index is 12.2. The molecule has 4 nitrogen and oxygen atoms in total. The Bertz CT molecular complexity index is 387. The summed E-state index contributed by atoms with van der Waals surface area (Å²) in [6.07, 6.45) is 7.25. The maximum absolute atomic E-state index is 12.2. The minimum absolute atomic E-state index is 0.186. The predicted molar refractivity (Wildman–Crippen MR) is 94.2 cm³/mol. The van der Waals surface area contributed by atoms with Crippen molar-refractivity contribution < 1.29 is 9.53 Å². The van der Waals surface area contributed by atoms with Gasteiger partial charge in [0.15, 0.2) is 0 Å². The third-order valence-electron chi connectivity index (χ3n) is 3.71. The Hall–Kier alpha value is -0.860. The zero-order valence-electron chi connectivity index (χ0n) is 14.4. The molecule has 1 saturated heterocycles. The van der Waals surface area contributed by atoms with Gasteiger partial charge in [0.1, 0.15) is 5.60 Å². The van der Waals surface area contributed by atoms with Crippen molar-refractivity contribution in [3.63, 3.8) is 0 Å². The number of likely N-dealkylation sites (tertiary alicyclic amines) is 1. The molecule has 1 fully saturated rings. The molecular weight excluding hydrogens is 296 g/mol. The first-order chi connectivity index (χ1) is 10.3. The van der Waals surface area contributed by atoms with E-state index in [1.807, 2.05) is 25.7 Å². The van der Waals surface area contributed by atoms with E-state index in [0.717, 1.165) is 44.0 Å². The molecule has 0 saturated carbocycles. The Morgan fingerprint density at radius 1 is 1.55 bits per heavy atom. The Kier molecular flexibility index (Phi) is 8.13. The van der Waals surface area contributed by atoms with E-state index >= 15 is 0 Å². The maximum Gasteiger partial charge on any atom is 0.410 e. The number of terminal acetylenes is 1. The molecule has 0 aromatic heterocycles. The molecule has 0 aromatic rings. The molecule has 2 unspecified atom stereocenters. The summed E-state index contributed by atoms with van der Waals surface area (Å²) in [5.41, 5.74) is -0.428. The molecule has 0 bridgehead atoms. The third-order valence-corrected chi connectivity index (χ3v) is 4.58. The van der Waals surface area contributed by atoms with Crippen LogP contribution in [0.4, 0.5) is 4.79 Å². The molecule has 1 amide bonds. The largest absolute Gasteiger partial charge is 0.444 e. The summed E-state index contributed by atoms with van der Waals surface area (Å²) in [5.74, 6) is 4.91. The van der Waals surface area contributed by atoms with Gasteiger partial charge in [-0.15, -0.1) is 18.2 Å². The number of nitrogens with zero attached hydrogens (tertiary/aromatic N) is 1. The topological polar surface area (TPSA) is 41.6 Å². The number of hydrogen-bond acceptors (Lipinski definition) is 4. The van der Waals surface area contributed by atoms with Crippen LogP contribution in [0.3, 0.4) is 0 Å². The van der Waals surface area contributed by atoms with E-state index in [0.29, 0.717) is 12.0 Å². The van der Waals surface area contributed by atoms with Crippen molar-refractivity contribution in [1.82, 2.24) is 10.2 Å². The van der Waals surface area contributed by atoms with Gasteiger partial charge >= 0.3 is 6.09 Å². The average molecular weight is 327 g/mol. The van der Waals surface area contributed by atoms with Crippen LogP contribution in [0.1, 0.15) is 40.5 Å². The quantitative estimate of drug-likeness (QED) is 0.602. The molecule has 0 aliphatic carbocycles. The van der Waals surface area contributed by atoms with Gasteiger partial charge in [-0.1, -0.05) is 5.92 Å². The van der Waals surface area contributed by atoms with E-state index in [2.05, 4.69) is 18.2 Å². The highest BCUT2D eigenvalue weighted by Crippen LogP contribution is 2.21. The molecule has 0 aromatic carbocycles. The normalized spacial score (nSPS) is 20.3. The van der Waals surface area contributed by atoms with Crippen molar-refractivity contribution >= 4 is 17.9 Å². The SMILES string of the molecule is C#CCSCCNC(C)C1CCCN(C(=O)OC(C)(C)C)C1. The molecule has 2 atom stereocenters.